The van der Waals surface area contributed by atoms with Crippen LogP contribution in [0.5, 0.6) is 5.75 Å². The monoisotopic (exact) mass is 411 g/mol. The number of hydrogen-bond acceptors (Lipinski definition) is 3. The zero-order chi connectivity index (χ0) is 21.8. The minimum Gasteiger partial charge on any atom is -0.495 e. The predicted molar refractivity (Wildman–Crippen MR) is 123 cm³/mol. The predicted octanol–water partition coefficient (Wildman–Crippen LogP) is 5.35. The Labute approximate surface area is 182 Å². The number of nitrogens with zero attached hydrogens (tertiary/aromatic N) is 2. The van der Waals surface area contributed by atoms with Gasteiger partial charge in [0.2, 0.25) is 0 Å². The number of aromatic nitrogens is 2. The van der Waals surface area contributed by atoms with E-state index in [0.717, 1.165) is 28.1 Å². The molecule has 1 heterocycles. The largest absolute Gasteiger partial charge is 0.495 e. The van der Waals surface area contributed by atoms with E-state index in [4.69, 9.17) is 4.74 Å². The van der Waals surface area contributed by atoms with Crippen molar-refractivity contribution in [2.24, 2.45) is 0 Å². The highest BCUT2D eigenvalue weighted by atomic mass is 16.5. The van der Waals surface area contributed by atoms with Gasteiger partial charge in [-0.1, -0.05) is 48.5 Å². The zero-order valence-electron chi connectivity index (χ0n) is 17.9. The van der Waals surface area contributed by atoms with Gasteiger partial charge in [0.15, 0.2) is 0 Å². The topological polar surface area (TPSA) is 56.1 Å². The number of rotatable bonds is 6. The van der Waals surface area contributed by atoms with Gasteiger partial charge in [0.05, 0.1) is 30.9 Å². The molecule has 1 atom stereocenters. The molecule has 4 aromatic rings. The molecule has 0 unspecified atom stereocenters. The summed E-state index contributed by atoms with van der Waals surface area (Å²) in [5, 5.41) is 3.09. The summed E-state index contributed by atoms with van der Waals surface area (Å²) in [7, 11) is 1.60. The minimum absolute atomic E-state index is 0.141. The first kappa shape index (κ1) is 20.4. The Hall–Kier alpha value is -3.86. The van der Waals surface area contributed by atoms with Crippen LogP contribution in [0.2, 0.25) is 0 Å². The van der Waals surface area contributed by atoms with Gasteiger partial charge in [0, 0.05) is 11.8 Å². The van der Waals surface area contributed by atoms with Gasteiger partial charge in [-0.05, 0) is 54.8 Å². The molecule has 156 valence electrons. The molecule has 0 spiro atoms. The lowest BCUT2D eigenvalue weighted by molar-refractivity contribution is 0.0939. The molecule has 0 aliphatic carbocycles. The van der Waals surface area contributed by atoms with Crippen molar-refractivity contribution >= 4 is 5.91 Å². The first-order valence-electron chi connectivity index (χ1n) is 10.2. The van der Waals surface area contributed by atoms with Gasteiger partial charge >= 0.3 is 0 Å². The van der Waals surface area contributed by atoms with E-state index < -0.39 is 0 Å². The summed E-state index contributed by atoms with van der Waals surface area (Å²) < 4.78 is 7.41. The molecule has 31 heavy (non-hydrogen) atoms. The highest BCUT2D eigenvalue weighted by molar-refractivity contribution is 5.95. The SMILES string of the molecule is COc1cc(C(=O)N[C@@H](C)c2cccc(-c3ccccc3)c2)ccc1-n1cnc(C)c1. The van der Waals surface area contributed by atoms with E-state index in [9.17, 15) is 4.79 Å². The Morgan fingerprint density at radius 3 is 2.48 bits per heavy atom. The third-order valence-corrected chi connectivity index (χ3v) is 5.27. The number of nitrogens with one attached hydrogen (secondary N) is 1. The maximum Gasteiger partial charge on any atom is 0.251 e. The average Bonchev–Trinajstić information content (AvgIpc) is 3.25. The fourth-order valence-electron chi connectivity index (χ4n) is 3.57. The number of ether oxygens (including phenoxy) is 1. The van der Waals surface area contributed by atoms with Crippen molar-refractivity contribution in [1.29, 1.82) is 0 Å². The summed E-state index contributed by atoms with van der Waals surface area (Å²) in [6.45, 7) is 3.92. The van der Waals surface area contributed by atoms with Crippen LogP contribution in [0, 0.1) is 6.92 Å². The number of carbonyl (C=O) groups excluding carboxylic acids is 1. The number of imidazole rings is 1. The second-order valence-corrected chi connectivity index (χ2v) is 7.50. The van der Waals surface area contributed by atoms with Crippen molar-refractivity contribution in [3.05, 3.63) is 102 Å². The van der Waals surface area contributed by atoms with Crippen LogP contribution in [-0.4, -0.2) is 22.6 Å². The van der Waals surface area contributed by atoms with Gasteiger partial charge in [-0.2, -0.15) is 0 Å². The van der Waals surface area contributed by atoms with Crippen molar-refractivity contribution < 1.29 is 9.53 Å². The number of benzene rings is 3. The molecule has 1 N–H and O–H groups in total. The van der Waals surface area contributed by atoms with Crippen LogP contribution in [0.25, 0.3) is 16.8 Å². The zero-order valence-corrected chi connectivity index (χ0v) is 17.9. The highest BCUT2D eigenvalue weighted by Gasteiger charge is 2.15. The van der Waals surface area contributed by atoms with E-state index in [-0.39, 0.29) is 11.9 Å². The fraction of sp³-hybridized carbons (Fsp3) is 0.154. The number of hydrogen-bond donors (Lipinski definition) is 1. The van der Waals surface area contributed by atoms with Gasteiger partial charge in [-0.25, -0.2) is 4.98 Å². The van der Waals surface area contributed by atoms with E-state index in [0.29, 0.717) is 11.3 Å². The van der Waals surface area contributed by atoms with Crippen molar-refractivity contribution in [3.63, 3.8) is 0 Å². The molecule has 4 rings (SSSR count). The molecule has 1 amide bonds. The van der Waals surface area contributed by atoms with E-state index in [2.05, 4.69) is 34.6 Å². The molecule has 5 heteroatoms. The average molecular weight is 412 g/mol. The maximum atomic E-state index is 12.9. The molecule has 0 aliphatic rings. The Bertz CT molecular complexity index is 1200. The van der Waals surface area contributed by atoms with Crippen LogP contribution in [-0.2, 0) is 0 Å². The van der Waals surface area contributed by atoms with Crippen LogP contribution in [0.15, 0.2) is 85.3 Å². The Balaban J connectivity index is 1.53. The number of carbonyl (C=O) groups is 1. The molecule has 0 fully saturated rings. The van der Waals surface area contributed by atoms with Crippen LogP contribution >= 0.6 is 0 Å². The summed E-state index contributed by atoms with van der Waals surface area (Å²) in [6.07, 6.45) is 3.65. The Morgan fingerprint density at radius 2 is 1.77 bits per heavy atom. The number of amides is 1. The smallest absolute Gasteiger partial charge is 0.251 e. The Morgan fingerprint density at radius 1 is 1.00 bits per heavy atom. The molecular weight excluding hydrogens is 386 g/mol. The van der Waals surface area contributed by atoms with Gasteiger partial charge in [0.25, 0.3) is 5.91 Å². The van der Waals surface area contributed by atoms with Gasteiger partial charge in [-0.15, -0.1) is 0 Å². The lowest BCUT2D eigenvalue weighted by atomic mass is 10.00. The molecule has 0 saturated heterocycles. The lowest BCUT2D eigenvalue weighted by Gasteiger charge is -2.17. The third-order valence-electron chi connectivity index (χ3n) is 5.27. The molecular formula is C26H25N3O2. The summed E-state index contributed by atoms with van der Waals surface area (Å²) >= 11 is 0. The number of methoxy groups -OCH3 is 1. The summed E-state index contributed by atoms with van der Waals surface area (Å²) in [6, 6.07) is 23.7. The van der Waals surface area contributed by atoms with Crippen LogP contribution in [0.4, 0.5) is 0 Å². The van der Waals surface area contributed by atoms with Crippen LogP contribution in [0.3, 0.4) is 0 Å². The van der Waals surface area contributed by atoms with E-state index in [1.807, 2.05) is 61.0 Å². The van der Waals surface area contributed by atoms with Crippen molar-refractivity contribution in [2.75, 3.05) is 7.11 Å². The van der Waals surface area contributed by atoms with Gasteiger partial charge in [-0.3, -0.25) is 4.79 Å². The van der Waals surface area contributed by atoms with Crippen LogP contribution in [0.1, 0.15) is 34.6 Å². The lowest BCUT2D eigenvalue weighted by Crippen LogP contribution is -2.26. The highest BCUT2D eigenvalue weighted by Crippen LogP contribution is 2.26. The normalized spacial score (nSPS) is 11.7. The molecule has 0 bridgehead atoms. The second kappa shape index (κ2) is 8.88. The minimum atomic E-state index is -0.149. The summed E-state index contributed by atoms with van der Waals surface area (Å²) in [5.41, 5.74) is 5.62. The third kappa shape index (κ3) is 4.51. The van der Waals surface area contributed by atoms with Crippen molar-refractivity contribution in [3.8, 4) is 22.6 Å². The molecule has 5 nitrogen and oxygen atoms in total. The fourth-order valence-corrected chi connectivity index (χ4v) is 3.57. The van der Waals surface area contributed by atoms with Crippen molar-refractivity contribution in [2.45, 2.75) is 19.9 Å². The first-order chi connectivity index (χ1) is 15.0. The summed E-state index contributed by atoms with van der Waals surface area (Å²) in [5.74, 6) is 0.466. The van der Waals surface area contributed by atoms with Crippen molar-refractivity contribution in [1.82, 2.24) is 14.9 Å². The van der Waals surface area contributed by atoms with E-state index in [1.165, 1.54) is 0 Å². The molecule has 3 aromatic carbocycles. The number of aryl methyl sites for hydroxylation is 1. The molecule has 1 aromatic heterocycles. The first-order valence-corrected chi connectivity index (χ1v) is 10.2. The van der Waals surface area contributed by atoms with E-state index >= 15 is 0 Å². The molecule has 0 aliphatic heterocycles. The standard InChI is InChI=1S/C26H25N3O2/c1-18-16-29(17-27-18)24-13-12-23(15-25(24)31-3)26(30)28-19(2)21-10-7-11-22(14-21)20-8-5-4-6-9-20/h4-17,19H,1-3H3,(H,28,30)/t19-/m0/s1. The molecule has 0 radical (unpaired) electrons. The van der Waals surface area contributed by atoms with Crippen LogP contribution < -0.4 is 10.1 Å². The molecule has 0 saturated carbocycles. The van der Waals surface area contributed by atoms with Gasteiger partial charge in [0.1, 0.15) is 5.75 Å². The maximum absolute atomic E-state index is 12.9. The summed E-state index contributed by atoms with van der Waals surface area (Å²) in [4.78, 5) is 17.2. The Kier molecular flexibility index (Phi) is 5.85. The van der Waals surface area contributed by atoms with Gasteiger partial charge < -0.3 is 14.6 Å². The van der Waals surface area contributed by atoms with E-state index in [1.54, 1.807) is 25.6 Å². The quantitative estimate of drug-likeness (QED) is 0.465. The second-order valence-electron chi connectivity index (χ2n) is 7.50.